The first-order valence-corrected chi connectivity index (χ1v) is 7.21. The van der Waals surface area contributed by atoms with Crippen LogP contribution in [0.25, 0.3) is 16.2 Å². The van der Waals surface area contributed by atoms with Crippen molar-refractivity contribution in [2.75, 3.05) is 6.61 Å². The molecule has 0 amide bonds. The molecular formula is C13H10ClN3O2S. The van der Waals surface area contributed by atoms with Crippen molar-refractivity contribution in [3.8, 4) is 11.3 Å². The fourth-order valence-corrected chi connectivity index (χ4v) is 2.90. The lowest BCUT2D eigenvalue weighted by molar-refractivity contribution is 0.0518. The van der Waals surface area contributed by atoms with Crippen LogP contribution in [0.2, 0.25) is 5.15 Å². The molecule has 0 atom stereocenters. The topological polar surface area (TPSA) is 56.5 Å². The van der Waals surface area contributed by atoms with Crippen LogP contribution in [0.5, 0.6) is 0 Å². The van der Waals surface area contributed by atoms with Crippen molar-refractivity contribution in [1.82, 2.24) is 14.4 Å². The lowest BCUT2D eigenvalue weighted by atomic mass is 10.2. The molecule has 3 heterocycles. The molecule has 0 fully saturated rings. The normalized spacial score (nSPS) is 10.9. The van der Waals surface area contributed by atoms with Crippen molar-refractivity contribution in [3.63, 3.8) is 0 Å². The smallest absolute Gasteiger partial charge is 0.356 e. The van der Waals surface area contributed by atoms with Crippen LogP contribution in [0.15, 0.2) is 29.9 Å². The van der Waals surface area contributed by atoms with Crippen molar-refractivity contribution in [3.05, 3.63) is 40.8 Å². The lowest BCUT2D eigenvalue weighted by Gasteiger charge is -1.99. The zero-order valence-corrected chi connectivity index (χ0v) is 12.1. The van der Waals surface area contributed by atoms with Gasteiger partial charge in [0.2, 0.25) is 0 Å². The minimum Gasteiger partial charge on any atom is -0.461 e. The summed E-state index contributed by atoms with van der Waals surface area (Å²) in [5.74, 6) is -0.361. The molecule has 0 saturated heterocycles. The van der Waals surface area contributed by atoms with Crippen LogP contribution in [0, 0.1) is 0 Å². The predicted octanol–water partition coefficient (Wildman–Crippen LogP) is 3.29. The molecule has 0 aliphatic rings. The quantitative estimate of drug-likeness (QED) is 0.550. The van der Waals surface area contributed by atoms with Crippen LogP contribution in [-0.2, 0) is 4.74 Å². The highest BCUT2D eigenvalue weighted by Crippen LogP contribution is 2.27. The summed E-state index contributed by atoms with van der Waals surface area (Å²) in [5.41, 5.74) is 1.88. The van der Waals surface area contributed by atoms with Crippen molar-refractivity contribution in [2.24, 2.45) is 0 Å². The van der Waals surface area contributed by atoms with E-state index in [1.807, 2.05) is 6.07 Å². The molecular weight excluding hydrogens is 298 g/mol. The summed E-state index contributed by atoms with van der Waals surface area (Å²) >= 11 is 7.43. The van der Waals surface area contributed by atoms with Crippen molar-refractivity contribution in [2.45, 2.75) is 6.92 Å². The second-order valence-electron chi connectivity index (χ2n) is 3.96. The molecule has 3 aromatic heterocycles. The Morgan fingerprint density at radius 1 is 1.55 bits per heavy atom. The predicted molar refractivity (Wildman–Crippen MR) is 77.3 cm³/mol. The van der Waals surface area contributed by atoms with E-state index in [0.717, 1.165) is 5.56 Å². The zero-order chi connectivity index (χ0) is 14.1. The number of imidazole rings is 1. The number of pyridine rings is 1. The summed E-state index contributed by atoms with van der Waals surface area (Å²) in [7, 11) is 0. The minimum atomic E-state index is -0.361. The van der Waals surface area contributed by atoms with E-state index < -0.39 is 0 Å². The average Bonchev–Trinajstić information content (AvgIpc) is 2.99. The van der Waals surface area contributed by atoms with Gasteiger partial charge in [-0.3, -0.25) is 4.40 Å². The highest BCUT2D eigenvalue weighted by atomic mass is 35.5. The van der Waals surface area contributed by atoms with Crippen LogP contribution in [0.1, 0.15) is 17.4 Å². The summed E-state index contributed by atoms with van der Waals surface area (Å²) in [4.78, 5) is 21.0. The number of carbonyl (C=O) groups excluding carboxylic acids is 1. The van der Waals surface area contributed by atoms with E-state index in [9.17, 15) is 4.79 Å². The molecule has 20 heavy (non-hydrogen) atoms. The van der Waals surface area contributed by atoms with Gasteiger partial charge in [0.15, 0.2) is 4.96 Å². The SMILES string of the molecule is CCOC(=O)c1csc2nc(-c3cccnc3Cl)cn12. The van der Waals surface area contributed by atoms with Crippen molar-refractivity contribution in [1.29, 1.82) is 0 Å². The van der Waals surface area contributed by atoms with Gasteiger partial charge in [0.05, 0.1) is 12.3 Å². The fourth-order valence-electron chi connectivity index (χ4n) is 1.84. The fraction of sp³-hybridized carbons (Fsp3) is 0.154. The number of thiazole rings is 1. The molecule has 0 aliphatic heterocycles. The number of hydrogen-bond acceptors (Lipinski definition) is 5. The summed E-state index contributed by atoms with van der Waals surface area (Å²) < 4.78 is 6.72. The molecule has 102 valence electrons. The van der Waals surface area contributed by atoms with Gasteiger partial charge in [0, 0.05) is 23.3 Å². The molecule has 3 rings (SSSR count). The summed E-state index contributed by atoms with van der Waals surface area (Å²) in [6.07, 6.45) is 3.38. The van der Waals surface area contributed by atoms with Gasteiger partial charge in [0.25, 0.3) is 0 Å². The lowest BCUT2D eigenvalue weighted by Crippen LogP contribution is -2.06. The Morgan fingerprint density at radius 2 is 2.40 bits per heavy atom. The molecule has 3 aromatic rings. The summed E-state index contributed by atoms with van der Waals surface area (Å²) in [5, 5.41) is 2.12. The Kier molecular flexibility index (Phi) is 3.42. The standard InChI is InChI=1S/C13H10ClN3O2S/c1-2-19-12(18)10-7-20-13-16-9(6-17(10)13)8-4-3-5-15-11(8)14/h3-7H,2H2,1H3. The average molecular weight is 308 g/mol. The Balaban J connectivity index is 2.08. The Bertz CT molecular complexity index is 781. The first kappa shape index (κ1) is 13.1. The third-order valence-electron chi connectivity index (χ3n) is 2.73. The van der Waals surface area contributed by atoms with Crippen LogP contribution < -0.4 is 0 Å². The van der Waals surface area contributed by atoms with E-state index in [1.54, 1.807) is 35.2 Å². The highest BCUT2D eigenvalue weighted by Gasteiger charge is 2.17. The molecule has 7 heteroatoms. The van der Waals surface area contributed by atoms with Gasteiger partial charge in [-0.05, 0) is 19.1 Å². The van der Waals surface area contributed by atoms with E-state index in [4.69, 9.17) is 16.3 Å². The van der Waals surface area contributed by atoms with Crippen LogP contribution >= 0.6 is 22.9 Å². The van der Waals surface area contributed by atoms with Crippen LogP contribution in [-0.4, -0.2) is 26.9 Å². The Labute approximate surface area is 123 Å². The van der Waals surface area contributed by atoms with Crippen LogP contribution in [0.3, 0.4) is 0 Å². The third-order valence-corrected chi connectivity index (χ3v) is 3.87. The number of nitrogens with zero attached hydrogens (tertiary/aromatic N) is 3. The number of esters is 1. The van der Waals surface area contributed by atoms with E-state index in [-0.39, 0.29) is 5.97 Å². The number of fused-ring (bicyclic) bond motifs is 1. The van der Waals surface area contributed by atoms with Gasteiger partial charge in [-0.25, -0.2) is 14.8 Å². The van der Waals surface area contributed by atoms with E-state index in [0.29, 0.717) is 28.1 Å². The second kappa shape index (κ2) is 5.22. The maximum Gasteiger partial charge on any atom is 0.356 e. The summed E-state index contributed by atoms with van der Waals surface area (Å²) in [6.45, 7) is 2.11. The minimum absolute atomic E-state index is 0.339. The molecule has 0 aliphatic carbocycles. The van der Waals surface area contributed by atoms with E-state index in [1.165, 1.54) is 11.3 Å². The van der Waals surface area contributed by atoms with Gasteiger partial charge >= 0.3 is 5.97 Å². The molecule has 0 N–H and O–H groups in total. The van der Waals surface area contributed by atoms with E-state index >= 15 is 0 Å². The van der Waals surface area contributed by atoms with Gasteiger partial charge in [0.1, 0.15) is 10.8 Å². The molecule has 5 nitrogen and oxygen atoms in total. The molecule has 0 unspecified atom stereocenters. The van der Waals surface area contributed by atoms with Crippen molar-refractivity contribution >= 4 is 33.9 Å². The molecule has 0 aromatic carbocycles. The molecule has 0 radical (unpaired) electrons. The molecule has 0 bridgehead atoms. The summed E-state index contributed by atoms with van der Waals surface area (Å²) in [6, 6.07) is 3.63. The first-order valence-electron chi connectivity index (χ1n) is 5.95. The van der Waals surface area contributed by atoms with Crippen molar-refractivity contribution < 1.29 is 9.53 Å². The maximum absolute atomic E-state index is 11.8. The maximum atomic E-state index is 11.8. The van der Waals surface area contributed by atoms with Gasteiger partial charge in [-0.15, -0.1) is 11.3 Å². The largest absolute Gasteiger partial charge is 0.461 e. The zero-order valence-electron chi connectivity index (χ0n) is 10.5. The Hall–Kier alpha value is -1.92. The highest BCUT2D eigenvalue weighted by molar-refractivity contribution is 7.15. The van der Waals surface area contributed by atoms with E-state index in [2.05, 4.69) is 9.97 Å². The number of carbonyl (C=O) groups is 1. The second-order valence-corrected chi connectivity index (χ2v) is 5.16. The first-order chi connectivity index (χ1) is 9.70. The van der Waals surface area contributed by atoms with Crippen LogP contribution in [0.4, 0.5) is 0 Å². The number of halogens is 1. The van der Waals surface area contributed by atoms with Gasteiger partial charge < -0.3 is 4.74 Å². The Morgan fingerprint density at radius 3 is 3.15 bits per heavy atom. The van der Waals surface area contributed by atoms with Gasteiger partial charge in [-0.1, -0.05) is 11.6 Å². The number of hydrogen-bond donors (Lipinski definition) is 0. The third kappa shape index (κ3) is 2.17. The monoisotopic (exact) mass is 307 g/mol. The van der Waals surface area contributed by atoms with Gasteiger partial charge in [-0.2, -0.15) is 0 Å². The number of rotatable bonds is 3. The number of aromatic nitrogens is 3. The molecule has 0 saturated carbocycles. The molecule has 0 spiro atoms. The number of ether oxygens (including phenoxy) is 1.